The van der Waals surface area contributed by atoms with Crippen LogP contribution in [0.3, 0.4) is 0 Å². The zero-order chi connectivity index (χ0) is 22.6. The second kappa shape index (κ2) is 19.5. The quantitative estimate of drug-likeness (QED) is 0.0958. The topological polar surface area (TPSA) is 57.2 Å². The number of quaternary nitrogens is 1. The molecule has 0 bridgehead atoms. The summed E-state index contributed by atoms with van der Waals surface area (Å²) < 4.78 is 32.9. The Morgan fingerprint density at radius 1 is 0.533 bits per heavy atom. The Morgan fingerprint density at radius 3 is 1.17 bits per heavy atom. The van der Waals surface area contributed by atoms with Gasteiger partial charge in [0.2, 0.25) is 0 Å². The number of hydrogen-bond donors (Lipinski definition) is 0. The SMILES string of the molecule is CCCCCCCCCCCCCCCCCCCC[N+](C)(C)CCCS(=O)(=O)[O-]. The molecule has 0 saturated carbocycles. The van der Waals surface area contributed by atoms with Crippen LogP contribution in [0.15, 0.2) is 0 Å². The van der Waals surface area contributed by atoms with Crippen LogP contribution in [0.25, 0.3) is 0 Å². The van der Waals surface area contributed by atoms with Gasteiger partial charge >= 0.3 is 0 Å². The maximum absolute atomic E-state index is 10.7. The zero-order valence-corrected chi connectivity index (χ0v) is 21.5. The molecule has 0 heterocycles. The van der Waals surface area contributed by atoms with E-state index in [1.165, 1.54) is 116 Å². The van der Waals surface area contributed by atoms with Crippen molar-refractivity contribution in [1.82, 2.24) is 0 Å². The molecule has 0 aromatic heterocycles. The highest BCUT2D eigenvalue weighted by molar-refractivity contribution is 7.85. The fraction of sp³-hybridized carbons (Fsp3) is 1.00. The molecule has 5 heteroatoms. The third-order valence-corrected chi connectivity index (χ3v) is 7.06. The summed E-state index contributed by atoms with van der Waals surface area (Å²) in [6.45, 7) is 4.11. The molecule has 0 unspecified atom stereocenters. The molecule has 4 nitrogen and oxygen atoms in total. The molecule has 182 valence electrons. The van der Waals surface area contributed by atoms with Crippen LogP contribution in [-0.4, -0.2) is 50.4 Å². The number of hydrogen-bond acceptors (Lipinski definition) is 3. The van der Waals surface area contributed by atoms with Crippen LogP contribution >= 0.6 is 0 Å². The van der Waals surface area contributed by atoms with E-state index in [0.717, 1.165) is 17.6 Å². The van der Waals surface area contributed by atoms with Gasteiger partial charge in [0.25, 0.3) is 0 Å². The van der Waals surface area contributed by atoms with Gasteiger partial charge in [0.05, 0.1) is 37.3 Å². The lowest BCUT2D eigenvalue weighted by molar-refractivity contribution is -0.890. The summed E-state index contributed by atoms with van der Waals surface area (Å²) in [5, 5.41) is 0. The van der Waals surface area contributed by atoms with Gasteiger partial charge in [-0.15, -0.1) is 0 Å². The average Bonchev–Trinajstić information content (AvgIpc) is 2.65. The van der Waals surface area contributed by atoms with E-state index in [1.807, 2.05) is 0 Å². The van der Waals surface area contributed by atoms with E-state index in [9.17, 15) is 13.0 Å². The first kappa shape index (κ1) is 29.9. The zero-order valence-electron chi connectivity index (χ0n) is 20.6. The van der Waals surface area contributed by atoms with Crippen LogP contribution in [0.4, 0.5) is 0 Å². The van der Waals surface area contributed by atoms with Gasteiger partial charge in [-0.25, -0.2) is 8.42 Å². The van der Waals surface area contributed by atoms with Gasteiger partial charge in [-0.3, -0.25) is 0 Å². The lowest BCUT2D eigenvalue weighted by atomic mass is 10.0. The molecular formula is C25H53NO3S. The molecule has 0 fully saturated rings. The van der Waals surface area contributed by atoms with Gasteiger partial charge in [-0.2, -0.15) is 0 Å². The van der Waals surface area contributed by atoms with Crippen molar-refractivity contribution < 1.29 is 17.5 Å². The minimum Gasteiger partial charge on any atom is -0.748 e. The van der Waals surface area contributed by atoms with Gasteiger partial charge in [0.1, 0.15) is 0 Å². The summed E-state index contributed by atoms with van der Waals surface area (Å²) in [6, 6.07) is 0. The van der Waals surface area contributed by atoms with Crippen LogP contribution in [0.2, 0.25) is 0 Å². The lowest BCUT2D eigenvalue weighted by Gasteiger charge is -2.30. The second-order valence-electron chi connectivity index (χ2n) is 10.0. The average molecular weight is 448 g/mol. The molecule has 0 radical (unpaired) electrons. The fourth-order valence-corrected chi connectivity index (χ4v) is 4.71. The van der Waals surface area contributed by atoms with Crippen molar-refractivity contribution in [3.8, 4) is 0 Å². The predicted octanol–water partition coefficient (Wildman–Crippen LogP) is 7.04. The molecule has 0 aliphatic rings. The van der Waals surface area contributed by atoms with Crippen molar-refractivity contribution in [2.45, 2.75) is 129 Å². The molecule has 0 aromatic rings. The van der Waals surface area contributed by atoms with Gasteiger partial charge < -0.3 is 9.04 Å². The molecular weight excluding hydrogens is 394 g/mol. The summed E-state index contributed by atoms with van der Waals surface area (Å²) in [4.78, 5) is 0. The van der Waals surface area contributed by atoms with Crippen LogP contribution in [0.5, 0.6) is 0 Å². The lowest BCUT2D eigenvalue weighted by Crippen LogP contribution is -2.41. The molecule has 0 rings (SSSR count). The molecule has 0 N–H and O–H groups in total. The first-order valence-electron chi connectivity index (χ1n) is 13.0. The number of rotatable bonds is 23. The summed E-state index contributed by atoms with van der Waals surface area (Å²) in [6.07, 6.45) is 25.5. The van der Waals surface area contributed by atoms with Crippen molar-refractivity contribution >= 4 is 10.1 Å². The van der Waals surface area contributed by atoms with E-state index < -0.39 is 10.1 Å². The van der Waals surface area contributed by atoms with Gasteiger partial charge in [0.15, 0.2) is 0 Å². The highest BCUT2D eigenvalue weighted by Crippen LogP contribution is 2.14. The van der Waals surface area contributed by atoms with Crippen LogP contribution < -0.4 is 0 Å². The third-order valence-electron chi connectivity index (χ3n) is 6.27. The summed E-state index contributed by atoms with van der Waals surface area (Å²) >= 11 is 0. The Hall–Kier alpha value is -0.130. The molecule has 0 amide bonds. The molecule has 30 heavy (non-hydrogen) atoms. The fourth-order valence-electron chi connectivity index (χ4n) is 4.22. The normalized spacial score (nSPS) is 12.5. The van der Waals surface area contributed by atoms with E-state index in [1.54, 1.807) is 0 Å². The van der Waals surface area contributed by atoms with E-state index in [-0.39, 0.29) is 5.75 Å². The van der Waals surface area contributed by atoms with Crippen molar-refractivity contribution in [3.63, 3.8) is 0 Å². The van der Waals surface area contributed by atoms with Crippen LogP contribution in [0, 0.1) is 0 Å². The molecule has 0 spiro atoms. The highest BCUT2D eigenvalue weighted by atomic mass is 32.2. The van der Waals surface area contributed by atoms with Gasteiger partial charge in [-0.05, 0) is 12.8 Å². The van der Waals surface area contributed by atoms with Crippen LogP contribution in [0.1, 0.15) is 129 Å². The van der Waals surface area contributed by atoms with Crippen molar-refractivity contribution in [1.29, 1.82) is 0 Å². The van der Waals surface area contributed by atoms with E-state index >= 15 is 0 Å². The monoisotopic (exact) mass is 447 g/mol. The van der Waals surface area contributed by atoms with Gasteiger partial charge in [-0.1, -0.05) is 110 Å². The Labute approximate surface area is 189 Å². The Morgan fingerprint density at radius 2 is 0.833 bits per heavy atom. The Bertz CT molecular complexity index is 463. The highest BCUT2D eigenvalue weighted by Gasteiger charge is 2.14. The number of unbranched alkanes of at least 4 members (excludes halogenated alkanes) is 17. The maximum Gasteiger partial charge on any atom is 0.0948 e. The first-order chi connectivity index (χ1) is 14.3. The summed E-state index contributed by atoms with van der Waals surface area (Å²) in [5.41, 5.74) is 0. The molecule has 0 saturated heterocycles. The number of nitrogens with zero attached hydrogens (tertiary/aromatic N) is 1. The van der Waals surface area contributed by atoms with E-state index in [4.69, 9.17) is 0 Å². The molecule has 0 aliphatic carbocycles. The summed E-state index contributed by atoms with van der Waals surface area (Å²) in [5.74, 6) is -0.228. The van der Waals surface area contributed by atoms with Gasteiger partial charge in [0, 0.05) is 12.2 Å². The largest absolute Gasteiger partial charge is 0.748 e. The molecule has 0 aromatic carbocycles. The maximum atomic E-state index is 10.7. The van der Waals surface area contributed by atoms with Crippen molar-refractivity contribution in [2.75, 3.05) is 32.9 Å². The minimum atomic E-state index is -4.06. The smallest absolute Gasteiger partial charge is 0.0948 e. The van der Waals surface area contributed by atoms with Crippen molar-refractivity contribution in [2.24, 2.45) is 0 Å². The van der Waals surface area contributed by atoms with E-state index in [2.05, 4.69) is 21.0 Å². The third kappa shape index (κ3) is 24.1. The van der Waals surface area contributed by atoms with E-state index in [0.29, 0.717) is 6.42 Å². The Balaban J connectivity index is 3.27. The standard InChI is InChI=1S/C25H53NO3S/c1-4-5-6-7-8-9-10-11-12-13-14-15-16-17-18-19-20-21-23-26(2,3)24-22-25-30(27,28)29/h4-25H2,1-3H3. The molecule has 0 atom stereocenters. The second-order valence-corrected chi connectivity index (χ2v) is 11.5. The Kier molecular flexibility index (Phi) is 19.5. The summed E-state index contributed by atoms with van der Waals surface area (Å²) in [7, 11) is 0.200. The molecule has 0 aliphatic heterocycles. The van der Waals surface area contributed by atoms with Crippen LogP contribution in [-0.2, 0) is 10.1 Å². The predicted molar refractivity (Wildman–Crippen MR) is 130 cm³/mol. The minimum absolute atomic E-state index is 0.228. The first-order valence-corrected chi connectivity index (χ1v) is 14.6. The van der Waals surface area contributed by atoms with Crippen molar-refractivity contribution in [3.05, 3.63) is 0 Å².